The van der Waals surface area contributed by atoms with Gasteiger partial charge in [0.2, 0.25) is 0 Å². The molecule has 0 heterocycles. The molecule has 0 saturated heterocycles. The van der Waals surface area contributed by atoms with E-state index in [0.29, 0.717) is 5.92 Å². The molecule has 1 unspecified atom stereocenters. The largest absolute Gasteiger partial charge is 0.496 e. The van der Waals surface area contributed by atoms with Crippen molar-refractivity contribution in [2.24, 2.45) is 11.7 Å². The van der Waals surface area contributed by atoms with E-state index < -0.39 is 0 Å². The van der Waals surface area contributed by atoms with E-state index in [1.165, 1.54) is 16.8 Å². The first kappa shape index (κ1) is 13.8. The van der Waals surface area contributed by atoms with Crippen LogP contribution in [0.25, 0.3) is 0 Å². The molecule has 0 spiro atoms. The number of benzene rings is 1. The molecule has 96 valence electrons. The van der Waals surface area contributed by atoms with E-state index in [-0.39, 0.29) is 0 Å². The fourth-order valence-electron chi connectivity index (χ4n) is 2.12. The van der Waals surface area contributed by atoms with Crippen LogP contribution in [0.4, 0.5) is 5.69 Å². The molecule has 2 N–H and O–H groups in total. The molecule has 0 bridgehead atoms. The van der Waals surface area contributed by atoms with Gasteiger partial charge in [0, 0.05) is 19.3 Å². The highest BCUT2D eigenvalue weighted by Crippen LogP contribution is 2.28. The van der Waals surface area contributed by atoms with Crippen molar-refractivity contribution in [1.29, 1.82) is 0 Å². The van der Waals surface area contributed by atoms with Gasteiger partial charge in [-0.25, -0.2) is 0 Å². The van der Waals surface area contributed by atoms with Crippen LogP contribution in [0.2, 0.25) is 0 Å². The summed E-state index contributed by atoms with van der Waals surface area (Å²) in [4.78, 5) is 2.25. The molecule has 0 aliphatic rings. The fraction of sp³-hybridized carbons (Fsp3) is 0.571. The van der Waals surface area contributed by atoms with E-state index in [4.69, 9.17) is 10.5 Å². The van der Waals surface area contributed by atoms with Crippen molar-refractivity contribution >= 4 is 5.69 Å². The molecule has 0 aliphatic heterocycles. The van der Waals surface area contributed by atoms with Crippen LogP contribution in [-0.4, -0.2) is 27.2 Å². The van der Waals surface area contributed by atoms with Crippen LogP contribution in [0.5, 0.6) is 5.75 Å². The van der Waals surface area contributed by atoms with Crippen molar-refractivity contribution in [3.8, 4) is 5.75 Å². The quantitative estimate of drug-likeness (QED) is 0.853. The fourth-order valence-corrected chi connectivity index (χ4v) is 2.12. The average Bonchev–Trinajstić information content (AvgIpc) is 2.28. The third kappa shape index (κ3) is 3.37. The predicted octanol–water partition coefficient (Wildman–Crippen LogP) is 2.34. The van der Waals surface area contributed by atoms with Crippen molar-refractivity contribution in [2.75, 3.05) is 32.1 Å². The number of hydrogen-bond acceptors (Lipinski definition) is 3. The SMILES string of the molecule is COc1c(C)cc(N(C)CC(C)CN)cc1C. The first-order valence-electron chi connectivity index (χ1n) is 6.06. The van der Waals surface area contributed by atoms with Crippen LogP contribution in [0.3, 0.4) is 0 Å². The minimum atomic E-state index is 0.503. The molecule has 1 rings (SSSR count). The maximum Gasteiger partial charge on any atom is 0.124 e. The van der Waals surface area contributed by atoms with Gasteiger partial charge in [-0.3, -0.25) is 0 Å². The molecular formula is C14H24N2O. The summed E-state index contributed by atoms with van der Waals surface area (Å²) in [6.07, 6.45) is 0. The van der Waals surface area contributed by atoms with Gasteiger partial charge in [0.25, 0.3) is 0 Å². The zero-order valence-corrected chi connectivity index (χ0v) is 11.6. The van der Waals surface area contributed by atoms with Crippen molar-refractivity contribution < 1.29 is 4.74 Å². The number of rotatable bonds is 5. The van der Waals surface area contributed by atoms with E-state index in [0.717, 1.165) is 18.8 Å². The highest BCUT2D eigenvalue weighted by atomic mass is 16.5. The lowest BCUT2D eigenvalue weighted by molar-refractivity contribution is 0.408. The lowest BCUT2D eigenvalue weighted by Crippen LogP contribution is -2.28. The van der Waals surface area contributed by atoms with Crippen LogP contribution >= 0.6 is 0 Å². The standard InChI is InChI=1S/C14H24N2O/c1-10(8-15)9-16(4)13-6-11(2)14(17-5)12(3)7-13/h6-7,10H,8-9,15H2,1-5H3. The van der Waals surface area contributed by atoms with Crippen molar-refractivity contribution in [3.63, 3.8) is 0 Å². The normalized spacial score (nSPS) is 12.4. The summed E-state index contributed by atoms with van der Waals surface area (Å²) in [6, 6.07) is 4.32. The highest BCUT2D eigenvalue weighted by Gasteiger charge is 2.10. The highest BCUT2D eigenvalue weighted by molar-refractivity contribution is 5.56. The number of nitrogens with zero attached hydrogens (tertiary/aromatic N) is 1. The van der Waals surface area contributed by atoms with E-state index in [9.17, 15) is 0 Å². The van der Waals surface area contributed by atoms with Gasteiger partial charge in [-0.15, -0.1) is 0 Å². The smallest absolute Gasteiger partial charge is 0.124 e. The molecule has 1 aromatic rings. The Balaban J connectivity index is 2.92. The van der Waals surface area contributed by atoms with E-state index in [1.54, 1.807) is 7.11 Å². The summed E-state index contributed by atoms with van der Waals surface area (Å²) in [6.45, 7) is 8.02. The van der Waals surface area contributed by atoms with Gasteiger partial charge >= 0.3 is 0 Å². The Kier molecular flexibility index (Phi) is 4.82. The predicted molar refractivity (Wildman–Crippen MR) is 74.0 cm³/mol. The maximum absolute atomic E-state index is 5.66. The molecule has 3 nitrogen and oxygen atoms in total. The number of hydrogen-bond donors (Lipinski definition) is 1. The van der Waals surface area contributed by atoms with Crippen molar-refractivity contribution in [2.45, 2.75) is 20.8 Å². The van der Waals surface area contributed by atoms with Crippen LogP contribution < -0.4 is 15.4 Å². The number of ether oxygens (including phenoxy) is 1. The Bertz CT molecular complexity index is 353. The molecule has 0 fully saturated rings. The second-order valence-electron chi connectivity index (χ2n) is 4.83. The number of aryl methyl sites for hydroxylation is 2. The Labute approximate surface area is 105 Å². The monoisotopic (exact) mass is 236 g/mol. The topological polar surface area (TPSA) is 38.5 Å². The molecule has 17 heavy (non-hydrogen) atoms. The van der Waals surface area contributed by atoms with Gasteiger partial charge in [0.1, 0.15) is 5.75 Å². The van der Waals surface area contributed by atoms with Crippen LogP contribution in [0.1, 0.15) is 18.1 Å². The molecule has 1 atom stereocenters. The van der Waals surface area contributed by atoms with Crippen LogP contribution in [0, 0.1) is 19.8 Å². The van der Waals surface area contributed by atoms with Gasteiger partial charge in [0.15, 0.2) is 0 Å². The van der Waals surface area contributed by atoms with E-state index in [2.05, 4.69) is 44.9 Å². The molecular weight excluding hydrogens is 212 g/mol. The van der Waals surface area contributed by atoms with E-state index in [1.807, 2.05) is 0 Å². The molecule has 1 aromatic carbocycles. The molecule has 0 radical (unpaired) electrons. The van der Waals surface area contributed by atoms with E-state index >= 15 is 0 Å². The summed E-state index contributed by atoms with van der Waals surface area (Å²) in [5.41, 5.74) is 9.23. The van der Waals surface area contributed by atoms with Crippen molar-refractivity contribution in [3.05, 3.63) is 23.3 Å². The average molecular weight is 236 g/mol. The first-order valence-corrected chi connectivity index (χ1v) is 6.06. The first-order chi connectivity index (χ1) is 7.99. The minimum Gasteiger partial charge on any atom is -0.496 e. The van der Waals surface area contributed by atoms with Gasteiger partial charge in [-0.2, -0.15) is 0 Å². The lowest BCUT2D eigenvalue weighted by atomic mass is 10.1. The van der Waals surface area contributed by atoms with Crippen molar-refractivity contribution in [1.82, 2.24) is 0 Å². The zero-order valence-electron chi connectivity index (χ0n) is 11.6. The van der Waals surface area contributed by atoms with Gasteiger partial charge in [-0.1, -0.05) is 6.92 Å². The summed E-state index contributed by atoms with van der Waals surface area (Å²) < 4.78 is 5.37. The number of methoxy groups -OCH3 is 1. The second kappa shape index (κ2) is 5.92. The summed E-state index contributed by atoms with van der Waals surface area (Å²) in [5.74, 6) is 1.48. The third-order valence-corrected chi connectivity index (χ3v) is 3.08. The minimum absolute atomic E-state index is 0.503. The van der Waals surface area contributed by atoms with Gasteiger partial charge in [0.05, 0.1) is 7.11 Å². The summed E-state index contributed by atoms with van der Waals surface area (Å²) in [5, 5.41) is 0. The maximum atomic E-state index is 5.66. The lowest BCUT2D eigenvalue weighted by Gasteiger charge is -2.24. The Morgan fingerprint density at radius 1 is 1.29 bits per heavy atom. The second-order valence-corrected chi connectivity index (χ2v) is 4.83. The van der Waals surface area contributed by atoms with Crippen LogP contribution in [0.15, 0.2) is 12.1 Å². The molecule has 0 saturated carbocycles. The summed E-state index contributed by atoms with van der Waals surface area (Å²) in [7, 11) is 3.82. The van der Waals surface area contributed by atoms with Gasteiger partial charge < -0.3 is 15.4 Å². The summed E-state index contributed by atoms with van der Waals surface area (Å²) >= 11 is 0. The Morgan fingerprint density at radius 2 is 1.82 bits per heavy atom. The van der Waals surface area contributed by atoms with Crippen LogP contribution in [-0.2, 0) is 0 Å². The molecule has 0 amide bonds. The Morgan fingerprint density at radius 3 is 2.24 bits per heavy atom. The zero-order chi connectivity index (χ0) is 13.0. The third-order valence-electron chi connectivity index (χ3n) is 3.08. The Hall–Kier alpha value is -1.22. The molecule has 0 aromatic heterocycles. The molecule has 0 aliphatic carbocycles. The number of nitrogens with two attached hydrogens (primary N) is 1. The van der Waals surface area contributed by atoms with Gasteiger partial charge in [-0.05, 0) is 49.6 Å². The molecule has 3 heteroatoms. The number of anilines is 1.